The van der Waals surface area contributed by atoms with E-state index in [4.69, 9.17) is 0 Å². The van der Waals surface area contributed by atoms with Crippen LogP contribution in [0, 0.1) is 0 Å². The molecular weight excluding hydrogens is 260 g/mol. The van der Waals surface area contributed by atoms with Crippen LogP contribution in [0.15, 0.2) is 18.2 Å². The smallest absolute Gasteiger partial charge is 0.251 e. The van der Waals surface area contributed by atoms with Crippen molar-refractivity contribution in [3.63, 3.8) is 0 Å². The summed E-state index contributed by atoms with van der Waals surface area (Å²) in [5.41, 5.74) is 3.37. The molecule has 0 saturated carbocycles. The second-order valence-corrected chi connectivity index (χ2v) is 6.09. The largest absolute Gasteiger partial charge is 0.350 e. The summed E-state index contributed by atoms with van der Waals surface area (Å²) in [5.74, 6) is 0.0942. The lowest BCUT2D eigenvalue weighted by molar-refractivity contribution is 0.0936. The molecule has 1 unspecified atom stereocenters. The van der Waals surface area contributed by atoms with Gasteiger partial charge in [0, 0.05) is 18.2 Å². The molecule has 1 aliphatic rings. The first-order valence-corrected chi connectivity index (χ1v) is 8.34. The summed E-state index contributed by atoms with van der Waals surface area (Å²) in [4.78, 5) is 12.5. The van der Waals surface area contributed by atoms with E-state index in [-0.39, 0.29) is 11.9 Å². The van der Waals surface area contributed by atoms with Gasteiger partial charge >= 0.3 is 0 Å². The van der Waals surface area contributed by atoms with Gasteiger partial charge in [-0.2, -0.15) is 0 Å². The Balaban J connectivity index is 1.91. The Morgan fingerprint density at radius 2 is 2.19 bits per heavy atom. The molecule has 0 fully saturated rings. The molecule has 1 aromatic rings. The number of amides is 1. The van der Waals surface area contributed by atoms with Crippen LogP contribution in [-0.2, 0) is 13.0 Å². The quantitative estimate of drug-likeness (QED) is 0.755. The summed E-state index contributed by atoms with van der Waals surface area (Å²) in [7, 11) is 0. The third-order valence-corrected chi connectivity index (χ3v) is 4.25. The summed E-state index contributed by atoms with van der Waals surface area (Å²) in [6, 6.07) is 6.33. The normalized spacial score (nSPS) is 15.3. The van der Waals surface area contributed by atoms with Crippen LogP contribution >= 0.6 is 0 Å². The van der Waals surface area contributed by atoms with Gasteiger partial charge in [0.2, 0.25) is 0 Å². The van der Waals surface area contributed by atoms with Crippen LogP contribution < -0.4 is 10.6 Å². The average molecular weight is 288 g/mol. The van der Waals surface area contributed by atoms with Gasteiger partial charge in [0.1, 0.15) is 0 Å². The summed E-state index contributed by atoms with van der Waals surface area (Å²) in [6.07, 6.45) is 7.03. The van der Waals surface area contributed by atoms with E-state index in [2.05, 4.69) is 30.5 Å². The van der Waals surface area contributed by atoms with Crippen LogP contribution in [0.4, 0.5) is 0 Å². The Morgan fingerprint density at radius 1 is 1.33 bits per heavy atom. The van der Waals surface area contributed by atoms with Crippen LogP contribution in [-0.4, -0.2) is 18.5 Å². The zero-order valence-electron chi connectivity index (χ0n) is 13.4. The fourth-order valence-electron chi connectivity index (χ4n) is 3.00. The fraction of sp³-hybridized carbons (Fsp3) is 0.611. The Morgan fingerprint density at radius 3 is 3.00 bits per heavy atom. The molecule has 0 radical (unpaired) electrons. The molecule has 116 valence electrons. The third-order valence-electron chi connectivity index (χ3n) is 4.25. The van der Waals surface area contributed by atoms with Gasteiger partial charge in [-0.15, -0.1) is 0 Å². The van der Waals surface area contributed by atoms with Gasteiger partial charge in [-0.1, -0.05) is 44.7 Å². The first-order valence-electron chi connectivity index (χ1n) is 8.34. The monoisotopic (exact) mass is 288 g/mol. The van der Waals surface area contributed by atoms with Gasteiger partial charge in [0.15, 0.2) is 0 Å². The standard InChI is InChI=1S/C18H28N2O/c1-3-4-5-6-8-14(2)20-18(21)17-10-7-9-15-13-19-12-11-16(15)17/h7,9-10,14,19H,3-6,8,11-13H2,1-2H3,(H,20,21). The van der Waals surface area contributed by atoms with Crippen LogP contribution in [0.1, 0.15) is 67.4 Å². The van der Waals surface area contributed by atoms with E-state index in [0.29, 0.717) is 0 Å². The topological polar surface area (TPSA) is 41.1 Å². The van der Waals surface area contributed by atoms with E-state index in [1.54, 1.807) is 0 Å². The van der Waals surface area contributed by atoms with Gasteiger partial charge in [-0.05, 0) is 43.5 Å². The molecule has 0 aliphatic carbocycles. The van der Waals surface area contributed by atoms with Crippen LogP contribution in [0.3, 0.4) is 0 Å². The zero-order valence-corrected chi connectivity index (χ0v) is 13.4. The predicted molar refractivity (Wildman–Crippen MR) is 87.5 cm³/mol. The molecule has 3 heteroatoms. The molecule has 1 aromatic carbocycles. The van der Waals surface area contributed by atoms with Crippen molar-refractivity contribution >= 4 is 5.91 Å². The number of unbranched alkanes of at least 4 members (excludes halogenated alkanes) is 3. The van der Waals surface area contributed by atoms with Gasteiger partial charge in [0.05, 0.1) is 0 Å². The third kappa shape index (κ3) is 4.57. The number of rotatable bonds is 7. The van der Waals surface area contributed by atoms with Crippen molar-refractivity contribution in [2.24, 2.45) is 0 Å². The van der Waals surface area contributed by atoms with Gasteiger partial charge < -0.3 is 10.6 Å². The first-order chi connectivity index (χ1) is 10.2. The molecule has 0 bridgehead atoms. The highest BCUT2D eigenvalue weighted by Gasteiger charge is 2.18. The Bertz CT molecular complexity index is 470. The first kappa shape index (κ1) is 16.0. The maximum Gasteiger partial charge on any atom is 0.251 e. The van der Waals surface area contributed by atoms with Gasteiger partial charge in [0.25, 0.3) is 5.91 Å². The molecule has 2 rings (SSSR count). The Labute approximate surface area is 128 Å². The average Bonchev–Trinajstić information content (AvgIpc) is 2.51. The maximum atomic E-state index is 12.5. The zero-order chi connectivity index (χ0) is 15.1. The van der Waals surface area contributed by atoms with E-state index >= 15 is 0 Å². The van der Waals surface area contributed by atoms with Crippen molar-refractivity contribution in [2.45, 2.75) is 65.0 Å². The number of hydrogen-bond acceptors (Lipinski definition) is 2. The van der Waals surface area contributed by atoms with Crippen LogP contribution in [0.2, 0.25) is 0 Å². The van der Waals surface area contributed by atoms with E-state index in [0.717, 1.165) is 31.5 Å². The molecule has 0 saturated heterocycles. The van der Waals surface area contributed by atoms with Crippen molar-refractivity contribution in [1.82, 2.24) is 10.6 Å². The number of fused-ring (bicyclic) bond motifs is 1. The van der Waals surface area contributed by atoms with Crippen molar-refractivity contribution in [3.05, 3.63) is 34.9 Å². The second kappa shape index (κ2) is 8.18. The molecular formula is C18H28N2O. The highest BCUT2D eigenvalue weighted by atomic mass is 16.1. The summed E-state index contributed by atoms with van der Waals surface area (Å²) in [5, 5.41) is 6.52. The number of hydrogen-bond donors (Lipinski definition) is 2. The van der Waals surface area contributed by atoms with Crippen molar-refractivity contribution in [2.75, 3.05) is 6.54 Å². The molecule has 1 atom stereocenters. The lowest BCUT2D eigenvalue weighted by Gasteiger charge is -2.21. The number of carbonyl (C=O) groups is 1. The molecule has 1 heterocycles. The van der Waals surface area contributed by atoms with Crippen LogP contribution in [0.25, 0.3) is 0 Å². The predicted octanol–water partition coefficient (Wildman–Crippen LogP) is 3.42. The molecule has 1 aliphatic heterocycles. The minimum atomic E-state index is 0.0942. The highest BCUT2D eigenvalue weighted by Crippen LogP contribution is 2.19. The number of benzene rings is 1. The molecule has 0 spiro atoms. The van der Waals surface area contributed by atoms with E-state index < -0.39 is 0 Å². The molecule has 0 aromatic heterocycles. The Kier molecular flexibility index (Phi) is 6.24. The second-order valence-electron chi connectivity index (χ2n) is 6.09. The van der Waals surface area contributed by atoms with E-state index in [1.807, 2.05) is 12.1 Å². The lowest BCUT2D eigenvalue weighted by atomic mass is 9.95. The van der Waals surface area contributed by atoms with Gasteiger partial charge in [-0.25, -0.2) is 0 Å². The minimum absolute atomic E-state index is 0.0942. The van der Waals surface area contributed by atoms with Crippen LogP contribution in [0.5, 0.6) is 0 Å². The molecule has 21 heavy (non-hydrogen) atoms. The molecule has 1 amide bonds. The van der Waals surface area contributed by atoms with E-state index in [1.165, 1.54) is 36.8 Å². The summed E-state index contributed by atoms with van der Waals surface area (Å²) in [6.45, 7) is 6.17. The Hall–Kier alpha value is -1.35. The summed E-state index contributed by atoms with van der Waals surface area (Å²) < 4.78 is 0. The molecule has 3 nitrogen and oxygen atoms in total. The van der Waals surface area contributed by atoms with Gasteiger partial charge in [-0.3, -0.25) is 4.79 Å². The number of nitrogens with one attached hydrogen (secondary N) is 2. The minimum Gasteiger partial charge on any atom is -0.350 e. The fourth-order valence-corrected chi connectivity index (χ4v) is 3.00. The van der Waals surface area contributed by atoms with E-state index in [9.17, 15) is 4.79 Å². The van der Waals surface area contributed by atoms with Crippen molar-refractivity contribution in [3.8, 4) is 0 Å². The number of carbonyl (C=O) groups excluding carboxylic acids is 1. The lowest BCUT2D eigenvalue weighted by Crippen LogP contribution is -2.34. The highest BCUT2D eigenvalue weighted by molar-refractivity contribution is 5.96. The van der Waals surface area contributed by atoms with Crippen molar-refractivity contribution < 1.29 is 4.79 Å². The SMILES string of the molecule is CCCCCCC(C)NC(=O)c1cccc2c1CCNC2. The summed E-state index contributed by atoms with van der Waals surface area (Å²) >= 11 is 0. The molecule has 2 N–H and O–H groups in total. The van der Waals surface area contributed by atoms with Crippen molar-refractivity contribution in [1.29, 1.82) is 0 Å². The maximum absolute atomic E-state index is 12.5.